The topological polar surface area (TPSA) is 75.8 Å². The summed E-state index contributed by atoms with van der Waals surface area (Å²) < 4.78 is 24.0. The second-order valence-corrected chi connectivity index (χ2v) is 6.82. The second kappa shape index (κ2) is 7.26. The molecule has 0 aromatic heterocycles. The maximum absolute atomic E-state index is 12.0. The van der Waals surface area contributed by atoms with E-state index in [9.17, 15) is 8.42 Å². The first-order valence-corrected chi connectivity index (χ1v) is 7.96. The summed E-state index contributed by atoms with van der Waals surface area (Å²) in [6.45, 7) is 0.195. The van der Waals surface area contributed by atoms with Crippen molar-refractivity contribution in [2.45, 2.75) is 23.8 Å². The van der Waals surface area contributed by atoms with Crippen LogP contribution in [0.2, 0.25) is 0 Å². The lowest BCUT2D eigenvalue weighted by atomic mass is 10.4. The summed E-state index contributed by atoms with van der Waals surface area (Å²) in [6, 6.07) is 8.89. The normalized spacial score (nSPS) is 15.6. The van der Waals surface area contributed by atoms with Crippen molar-refractivity contribution in [2.24, 2.45) is 10.7 Å². The van der Waals surface area contributed by atoms with Crippen molar-refractivity contribution >= 4 is 39.8 Å². The molecule has 1 fully saturated rings. The number of hydrogen-bond donors (Lipinski definition) is 1. The van der Waals surface area contributed by atoms with Crippen LogP contribution < -0.4 is 5.73 Å². The monoisotopic (exact) mass is 409 g/mol. The zero-order valence-electron chi connectivity index (χ0n) is 11.4. The fourth-order valence-electron chi connectivity index (χ4n) is 1.79. The average molecular weight is 409 g/mol. The molecule has 5 nitrogen and oxygen atoms in total. The van der Waals surface area contributed by atoms with Crippen LogP contribution in [0.15, 0.2) is 40.2 Å². The average Bonchev–Trinajstić information content (AvgIpc) is 3.23. The van der Waals surface area contributed by atoms with E-state index >= 15 is 0 Å². The van der Waals surface area contributed by atoms with Gasteiger partial charge in [-0.2, -0.15) is 0 Å². The van der Waals surface area contributed by atoms with Crippen LogP contribution >= 0.6 is 24.0 Å². The van der Waals surface area contributed by atoms with Gasteiger partial charge in [-0.1, -0.05) is 18.2 Å². The van der Waals surface area contributed by atoms with Gasteiger partial charge in [0.2, 0.25) is 0 Å². The highest BCUT2D eigenvalue weighted by atomic mass is 127. The molecule has 0 spiro atoms. The Balaban J connectivity index is 0.00000200. The molecule has 20 heavy (non-hydrogen) atoms. The van der Waals surface area contributed by atoms with Crippen LogP contribution in [-0.2, 0) is 9.84 Å². The van der Waals surface area contributed by atoms with Crippen molar-refractivity contribution in [3.8, 4) is 0 Å². The summed E-state index contributed by atoms with van der Waals surface area (Å²) in [5, 5.41) is 0. The minimum atomic E-state index is -3.27. The van der Waals surface area contributed by atoms with Crippen LogP contribution in [0.5, 0.6) is 0 Å². The van der Waals surface area contributed by atoms with E-state index in [1.54, 1.807) is 30.3 Å². The van der Waals surface area contributed by atoms with Gasteiger partial charge >= 0.3 is 0 Å². The number of guanidine groups is 1. The van der Waals surface area contributed by atoms with Crippen LogP contribution in [0.4, 0.5) is 0 Å². The molecule has 1 aliphatic rings. The Labute approximate surface area is 137 Å². The summed E-state index contributed by atoms with van der Waals surface area (Å²) in [5.41, 5.74) is 5.81. The fourth-order valence-corrected chi connectivity index (χ4v) is 2.93. The van der Waals surface area contributed by atoms with Crippen molar-refractivity contribution in [1.29, 1.82) is 0 Å². The molecule has 0 bridgehead atoms. The SMILES string of the molecule is CN(C(N)=NCCS(=O)(=O)c1ccccc1)C1CC1.I. The van der Waals surface area contributed by atoms with Crippen molar-refractivity contribution in [3.63, 3.8) is 0 Å². The summed E-state index contributed by atoms with van der Waals surface area (Å²) in [5.74, 6) is 0.404. The van der Waals surface area contributed by atoms with Crippen LogP contribution in [0.25, 0.3) is 0 Å². The highest BCUT2D eigenvalue weighted by Crippen LogP contribution is 2.24. The van der Waals surface area contributed by atoms with Crippen LogP contribution in [0.1, 0.15) is 12.8 Å². The molecule has 1 saturated carbocycles. The van der Waals surface area contributed by atoms with Gasteiger partial charge in [0.25, 0.3) is 0 Å². The molecule has 2 N–H and O–H groups in total. The number of halogens is 1. The number of hydrogen-bond acceptors (Lipinski definition) is 3. The molecule has 0 aliphatic heterocycles. The molecule has 1 aliphatic carbocycles. The van der Waals surface area contributed by atoms with Gasteiger partial charge in [-0.05, 0) is 25.0 Å². The Morgan fingerprint density at radius 1 is 1.35 bits per heavy atom. The quantitative estimate of drug-likeness (QED) is 0.454. The lowest BCUT2D eigenvalue weighted by Gasteiger charge is -2.16. The molecule has 1 aromatic carbocycles. The number of nitrogens with two attached hydrogens (primary N) is 1. The first kappa shape index (κ1) is 17.2. The molecule has 112 valence electrons. The van der Waals surface area contributed by atoms with Crippen molar-refractivity contribution in [3.05, 3.63) is 30.3 Å². The Bertz CT molecular complexity index is 556. The van der Waals surface area contributed by atoms with Gasteiger partial charge in [-0.15, -0.1) is 24.0 Å². The molecule has 0 radical (unpaired) electrons. The highest BCUT2D eigenvalue weighted by Gasteiger charge is 2.27. The summed E-state index contributed by atoms with van der Waals surface area (Å²) in [6.07, 6.45) is 2.27. The smallest absolute Gasteiger partial charge is 0.191 e. The van der Waals surface area contributed by atoms with Crippen molar-refractivity contribution in [2.75, 3.05) is 19.3 Å². The number of aliphatic imine (C=N–C) groups is 1. The third-order valence-electron chi connectivity index (χ3n) is 3.19. The molecule has 7 heteroatoms. The maximum atomic E-state index is 12.0. The predicted octanol–water partition coefficient (Wildman–Crippen LogP) is 1.49. The molecule has 0 unspecified atom stereocenters. The third kappa shape index (κ3) is 4.62. The zero-order valence-corrected chi connectivity index (χ0v) is 14.5. The maximum Gasteiger partial charge on any atom is 0.191 e. The van der Waals surface area contributed by atoms with E-state index in [0.29, 0.717) is 16.9 Å². The van der Waals surface area contributed by atoms with Gasteiger partial charge in [0.05, 0.1) is 17.2 Å². The van der Waals surface area contributed by atoms with Crippen LogP contribution in [0, 0.1) is 0 Å². The summed E-state index contributed by atoms with van der Waals surface area (Å²) in [4.78, 5) is 6.38. The summed E-state index contributed by atoms with van der Waals surface area (Å²) >= 11 is 0. The van der Waals surface area contributed by atoms with E-state index in [1.807, 2.05) is 11.9 Å². The number of nitrogens with zero attached hydrogens (tertiary/aromatic N) is 2. The van der Waals surface area contributed by atoms with E-state index in [1.165, 1.54) is 0 Å². The largest absolute Gasteiger partial charge is 0.370 e. The van der Waals surface area contributed by atoms with Gasteiger partial charge in [-0.25, -0.2) is 8.42 Å². The van der Waals surface area contributed by atoms with Gasteiger partial charge in [0.15, 0.2) is 15.8 Å². The Morgan fingerprint density at radius 2 is 1.95 bits per heavy atom. The Kier molecular flexibility index (Phi) is 6.25. The molecule has 1 aromatic rings. The number of rotatable bonds is 5. The lowest BCUT2D eigenvalue weighted by Crippen LogP contribution is -2.36. The fraction of sp³-hybridized carbons (Fsp3) is 0.462. The van der Waals surface area contributed by atoms with Gasteiger partial charge in [0.1, 0.15) is 0 Å². The number of sulfone groups is 1. The Morgan fingerprint density at radius 3 is 2.50 bits per heavy atom. The molecule has 0 atom stereocenters. The third-order valence-corrected chi connectivity index (χ3v) is 4.90. The van der Waals surface area contributed by atoms with E-state index in [2.05, 4.69) is 4.99 Å². The Hall–Kier alpha value is -0.830. The van der Waals surface area contributed by atoms with Gasteiger partial charge < -0.3 is 10.6 Å². The molecule has 0 saturated heterocycles. The number of benzene rings is 1. The van der Waals surface area contributed by atoms with Crippen molar-refractivity contribution in [1.82, 2.24) is 4.90 Å². The van der Waals surface area contributed by atoms with Crippen molar-refractivity contribution < 1.29 is 8.42 Å². The molecule has 0 amide bonds. The highest BCUT2D eigenvalue weighted by molar-refractivity contribution is 14.0. The summed E-state index contributed by atoms with van der Waals surface area (Å²) in [7, 11) is -1.38. The second-order valence-electron chi connectivity index (χ2n) is 4.71. The first-order chi connectivity index (χ1) is 9.00. The zero-order chi connectivity index (χ0) is 13.9. The predicted molar refractivity (Wildman–Crippen MR) is 91.2 cm³/mol. The minimum Gasteiger partial charge on any atom is -0.370 e. The van der Waals surface area contributed by atoms with E-state index in [4.69, 9.17) is 5.73 Å². The van der Waals surface area contributed by atoms with E-state index in [-0.39, 0.29) is 36.3 Å². The van der Waals surface area contributed by atoms with Crippen LogP contribution in [0.3, 0.4) is 0 Å². The van der Waals surface area contributed by atoms with Crippen LogP contribution in [-0.4, -0.2) is 44.7 Å². The van der Waals surface area contributed by atoms with Gasteiger partial charge in [0, 0.05) is 13.1 Å². The molecular weight excluding hydrogens is 389 g/mol. The first-order valence-electron chi connectivity index (χ1n) is 6.31. The molecule has 2 rings (SSSR count). The van der Waals surface area contributed by atoms with Gasteiger partial charge in [-0.3, -0.25) is 4.99 Å². The minimum absolute atomic E-state index is 0. The van der Waals surface area contributed by atoms with E-state index < -0.39 is 9.84 Å². The molecule has 0 heterocycles. The lowest BCUT2D eigenvalue weighted by molar-refractivity contribution is 0.488. The standard InChI is InChI=1S/C13H19N3O2S.HI/c1-16(11-7-8-11)13(14)15-9-10-19(17,18)12-5-3-2-4-6-12;/h2-6,11H,7-10H2,1H3,(H2,14,15);1H. The van der Waals surface area contributed by atoms with E-state index in [0.717, 1.165) is 12.8 Å². The molecular formula is C13H20IN3O2S.